The number of hydrogen-bond donors (Lipinski definition) is 2. The first-order chi connectivity index (χ1) is 17.0. The Balaban J connectivity index is 1.15. The number of anilines is 1. The number of fused-ring (bicyclic) bond motifs is 2. The SMILES string of the molecule is Cc1cc2c(N)nccc2c(C)c1CNC(=O)c1cnn(Cc2cn3ccc(C4CC4)cc3n2)c1. The van der Waals surface area contributed by atoms with Gasteiger partial charge in [0.25, 0.3) is 5.91 Å². The van der Waals surface area contributed by atoms with E-state index < -0.39 is 0 Å². The highest BCUT2D eigenvalue weighted by Gasteiger charge is 2.23. The number of carbonyl (C=O) groups is 1. The zero-order valence-corrected chi connectivity index (χ0v) is 19.8. The molecule has 3 N–H and O–H groups in total. The van der Waals surface area contributed by atoms with Crippen LogP contribution in [0.2, 0.25) is 0 Å². The van der Waals surface area contributed by atoms with Gasteiger partial charge in [-0.2, -0.15) is 5.10 Å². The molecular weight excluding hydrogens is 438 g/mol. The van der Waals surface area contributed by atoms with Gasteiger partial charge in [-0.1, -0.05) is 0 Å². The predicted molar refractivity (Wildman–Crippen MR) is 135 cm³/mol. The molecule has 0 atom stereocenters. The van der Waals surface area contributed by atoms with Crippen LogP contribution in [0.1, 0.15) is 57.1 Å². The summed E-state index contributed by atoms with van der Waals surface area (Å²) in [5.41, 5.74) is 13.0. The van der Waals surface area contributed by atoms with Crippen LogP contribution in [0.15, 0.2) is 55.2 Å². The maximum atomic E-state index is 12.9. The normalized spacial score (nSPS) is 13.5. The van der Waals surface area contributed by atoms with Crippen molar-refractivity contribution in [3.63, 3.8) is 0 Å². The molecule has 1 amide bonds. The van der Waals surface area contributed by atoms with E-state index in [0.29, 0.717) is 30.4 Å². The quantitative estimate of drug-likeness (QED) is 0.392. The van der Waals surface area contributed by atoms with E-state index in [-0.39, 0.29) is 5.91 Å². The van der Waals surface area contributed by atoms with Gasteiger partial charge in [-0.05, 0) is 84.5 Å². The number of imidazole rings is 1. The Labute approximate surface area is 202 Å². The molecule has 0 aliphatic heterocycles. The fourth-order valence-electron chi connectivity index (χ4n) is 4.80. The molecule has 0 bridgehead atoms. The van der Waals surface area contributed by atoms with Crippen LogP contribution in [-0.4, -0.2) is 30.1 Å². The number of aromatic nitrogens is 5. The van der Waals surface area contributed by atoms with E-state index in [1.807, 2.05) is 29.7 Å². The van der Waals surface area contributed by atoms with Crippen LogP contribution in [0.5, 0.6) is 0 Å². The van der Waals surface area contributed by atoms with E-state index in [1.165, 1.54) is 18.4 Å². The van der Waals surface area contributed by atoms with Gasteiger partial charge in [0.15, 0.2) is 0 Å². The summed E-state index contributed by atoms with van der Waals surface area (Å²) in [6.45, 7) is 5.01. The lowest BCUT2D eigenvalue weighted by molar-refractivity contribution is 0.0950. The van der Waals surface area contributed by atoms with Crippen LogP contribution < -0.4 is 11.1 Å². The molecule has 35 heavy (non-hydrogen) atoms. The number of carbonyl (C=O) groups excluding carboxylic acids is 1. The minimum atomic E-state index is -0.159. The largest absolute Gasteiger partial charge is 0.383 e. The highest BCUT2D eigenvalue weighted by atomic mass is 16.1. The Bertz CT molecular complexity index is 1590. The number of rotatable bonds is 6. The van der Waals surface area contributed by atoms with Gasteiger partial charge in [0.2, 0.25) is 0 Å². The Morgan fingerprint density at radius 1 is 1.17 bits per heavy atom. The number of benzene rings is 1. The first kappa shape index (κ1) is 21.3. The molecule has 0 saturated heterocycles. The van der Waals surface area contributed by atoms with Crippen molar-refractivity contribution in [1.29, 1.82) is 0 Å². The van der Waals surface area contributed by atoms with Crippen LogP contribution in [0, 0.1) is 13.8 Å². The summed E-state index contributed by atoms with van der Waals surface area (Å²) in [6, 6.07) is 8.34. The second-order valence-corrected chi connectivity index (χ2v) is 9.43. The summed E-state index contributed by atoms with van der Waals surface area (Å²) in [5, 5.41) is 9.42. The Hall–Kier alpha value is -4.20. The van der Waals surface area contributed by atoms with Gasteiger partial charge in [0, 0.05) is 36.7 Å². The first-order valence-corrected chi connectivity index (χ1v) is 11.9. The van der Waals surface area contributed by atoms with Crippen molar-refractivity contribution in [2.75, 3.05) is 5.73 Å². The maximum Gasteiger partial charge on any atom is 0.254 e. The molecule has 0 radical (unpaired) electrons. The summed E-state index contributed by atoms with van der Waals surface area (Å²) in [6.07, 6.45) is 11.7. The van der Waals surface area contributed by atoms with Crippen LogP contribution >= 0.6 is 0 Å². The second-order valence-electron chi connectivity index (χ2n) is 9.43. The average Bonchev–Trinajstić information content (AvgIpc) is 3.46. The molecule has 0 unspecified atom stereocenters. The van der Waals surface area contributed by atoms with Crippen molar-refractivity contribution >= 4 is 28.1 Å². The van der Waals surface area contributed by atoms with E-state index >= 15 is 0 Å². The molecule has 1 saturated carbocycles. The molecule has 6 rings (SSSR count). The standard InChI is InChI=1S/C27H27N7O/c1-16-9-23-22(5-7-29-26(23)28)17(2)24(16)12-30-27(35)20-11-31-34(13-20)15-21-14-33-8-6-19(18-3-4-18)10-25(33)32-21/h5-11,13-14,18H,3-4,12,15H2,1-2H3,(H2,28,29)(H,30,35). The fraction of sp³-hybridized carbons (Fsp3) is 0.259. The molecule has 0 spiro atoms. The Morgan fingerprint density at radius 3 is 2.86 bits per heavy atom. The van der Waals surface area contributed by atoms with Crippen LogP contribution in [-0.2, 0) is 13.1 Å². The fourth-order valence-corrected chi connectivity index (χ4v) is 4.80. The van der Waals surface area contributed by atoms with E-state index in [9.17, 15) is 4.79 Å². The smallest absolute Gasteiger partial charge is 0.254 e. The molecular formula is C27H27N7O. The molecule has 1 fully saturated rings. The molecule has 4 heterocycles. The minimum Gasteiger partial charge on any atom is -0.383 e. The summed E-state index contributed by atoms with van der Waals surface area (Å²) in [5.74, 6) is 1.06. The summed E-state index contributed by atoms with van der Waals surface area (Å²) < 4.78 is 3.79. The third-order valence-corrected chi connectivity index (χ3v) is 6.94. The van der Waals surface area contributed by atoms with Crippen LogP contribution in [0.4, 0.5) is 5.82 Å². The third-order valence-electron chi connectivity index (χ3n) is 6.94. The molecule has 176 valence electrons. The van der Waals surface area contributed by atoms with Gasteiger partial charge in [-0.3, -0.25) is 9.48 Å². The van der Waals surface area contributed by atoms with Crippen molar-refractivity contribution in [1.82, 2.24) is 29.5 Å². The number of nitrogens with one attached hydrogen (secondary N) is 1. The molecule has 5 aromatic rings. The van der Waals surface area contributed by atoms with Crippen molar-refractivity contribution in [2.45, 2.75) is 45.7 Å². The van der Waals surface area contributed by atoms with Gasteiger partial charge < -0.3 is 15.5 Å². The van der Waals surface area contributed by atoms with Gasteiger partial charge in [0.1, 0.15) is 11.5 Å². The predicted octanol–water partition coefficient (Wildman–Crippen LogP) is 4.13. The van der Waals surface area contributed by atoms with Crippen LogP contribution in [0.25, 0.3) is 16.4 Å². The highest BCUT2D eigenvalue weighted by molar-refractivity contribution is 5.95. The zero-order chi connectivity index (χ0) is 24.1. The Kier molecular flexibility index (Phi) is 5.02. The number of amides is 1. The van der Waals surface area contributed by atoms with E-state index in [2.05, 4.69) is 40.7 Å². The van der Waals surface area contributed by atoms with Gasteiger partial charge in [-0.25, -0.2) is 9.97 Å². The third kappa shape index (κ3) is 4.01. The number of nitrogens with zero attached hydrogens (tertiary/aromatic N) is 5. The average molecular weight is 466 g/mol. The molecule has 1 aliphatic carbocycles. The number of nitrogen functional groups attached to an aromatic ring is 1. The van der Waals surface area contributed by atoms with Crippen LogP contribution in [0.3, 0.4) is 0 Å². The lowest BCUT2D eigenvalue weighted by Crippen LogP contribution is -2.23. The number of nitrogens with two attached hydrogens (primary N) is 1. The number of pyridine rings is 2. The van der Waals surface area contributed by atoms with Crippen molar-refractivity contribution in [2.24, 2.45) is 0 Å². The van der Waals surface area contributed by atoms with E-state index in [4.69, 9.17) is 10.7 Å². The number of hydrogen-bond acceptors (Lipinski definition) is 5. The molecule has 1 aliphatic rings. The van der Waals surface area contributed by atoms with E-state index in [1.54, 1.807) is 23.3 Å². The van der Waals surface area contributed by atoms with Gasteiger partial charge in [-0.15, -0.1) is 0 Å². The molecule has 8 nitrogen and oxygen atoms in total. The second kappa shape index (κ2) is 8.23. The van der Waals surface area contributed by atoms with Crippen molar-refractivity contribution < 1.29 is 4.79 Å². The topological polar surface area (TPSA) is 103 Å². The summed E-state index contributed by atoms with van der Waals surface area (Å²) >= 11 is 0. The van der Waals surface area contributed by atoms with Crippen molar-refractivity contribution in [3.05, 3.63) is 88.8 Å². The zero-order valence-electron chi connectivity index (χ0n) is 19.8. The lowest BCUT2D eigenvalue weighted by atomic mass is 9.96. The minimum absolute atomic E-state index is 0.159. The first-order valence-electron chi connectivity index (χ1n) is 11.9. The summed E-state index contributed by atoms with van der Waals surface area (Å²) in [7, 11) is 0. The molecule has 4 aromatic heterocycles. The van der Waals surface area contributed by atoms with Gasteiger partial charge in [0.05, 0.1) is 24.0 Å². The highest BCUT2D eigenvalue weighted by Crippen LogP contribution is 2.40. The van der Waals surface area contributed by atoms with Crippen molar-refractivity contribution in [3.8, 4) is 0 Å². The number of aryl methyl sites for hydroxylation is 2. The molecule has 1 aromatic carbocycles. The molecule has 8 heteroatoms. The summed E-state index contributed by atoms with van der Waals surface area (Å²) in [4.78, 5) is 21.8. The maximum absolute atomic E-state index is 12.9. The van der Waals surface area contributed by atoms with Gasteiger partial charge >= 0.3 is 0 Å². The monoisotopic (exact) mass is 465 g/mol. The lowest BCUT2D eigenvalue weighted by Gasteiger charge is -2.14. The van der Waals surface area contributed by atoms with E-state index in [0.717, 1.165) is 38.8 Å². The Morgan fingerprint density at radius 2 is 2.03 bits per heavy atom.